The molecule has 0 saturated carbocycles. The molecule has 0 saturated heterocycles. The van der Waals surface area contributed by atoms with Crippen LogP contribution in [0.4, 0.5) is 30.7 Å². The van der Waals surface area contributed by atoms with Crippen molar-refractivity contribution >= 4 is 5.97 Å². The lowest BCUT2D eigenvalue weighted by Crippen LogP contribution is -2.53. The second-order valence-electron chi connectivity index (χ2n) is 4.37. The van der Waals surface area contributed by atoms with Crippen LogP contribution >= 0.6 is 0 Å². The molecule has 0 aromatic carbocycles. The van der Waals surface area contributed by atoms with E-state index in [2.05, 4.69) is 11.3 Å². The molecule has 1 unspecified atom stereocenters. The van der Waals surface area contributed by atoms with Gasteiger partial charge in [0.2, 0.25) is 0 Å². The normalized spacial score (nSPS) is 14.7. The molecule has 10 heteroatoms. The maximum Gasteiger partial charge on any atom is 0.431 e. The average Bonchev–Trinajstić information content (AvgIpc) is 2.29. The van der Waals surface area contributed by atoms with Gasteiger partial charge in [0.25, 0.3) is 5.67 Å². The van der Waals surface area contributed by atoms with Crippen molar-refractivity contribution in [1.82, 2.24) is 0 Å². The molecule has 0 fully saturated rings. The maximum atomic E-state index is 13.2. The fourth-order valence-electron chi connectivity index (χ4n) is 1.19. The van der Waals surface area contributed by atoms with E-state index in [1.54, 1.807) is 0 Å². The minimum atomic E-state index is -6.17. The summed E-state index contributed by atoms with van der Waals surface area (Å²) in [6.45, 7) is 3.55. The summed E-state index contributed by atoms with van der Waals surface area (Å²) in [5.74, 6) is -0.979. The molecule has 0 spiro atoms. The van der Waals surface area contributed by atoms with E-state index in [1.807, 2.05) is 0 Å². The predicted molar refractivity (Wildman–Crippen MR) is 57.0 cm³/mol. The van der Waals surface area contributed by atoms with Crippen LogP contribution in [0.1, 0.15) is 19.8 Å². The van der Waals surface area contributed by atoms with E-state index >= 15 is 0 Å². The highest BCUT2D eigenvalue weighted by Crippen LogP contribution is 2.49. The SMILES string of the molecule is C=C(C)C(=O)OCC(O)CCC(F)(C(F)(F)F)C(F)(F)F. The van der Waals surface area contributed by atoms with E-state index in [0.29, 0.717) is 0 Å². The molecular formula is C11H13F7O3. The summed E-state index contributed by atoms with van der Waals surface area (Å²) in [5, 5.41) is 9.17. The summed E-state index contributed by atoms with van der Waals surface area (Å²) >= 11 is 0. The number of alkyl halides is 7. The van der Waals surface area contributed by atoms with E-state index in [4.69, 9.17) is 5.11 Å². The third kappa shape index (κ3) is 5.18. The van der Waals surface area contributed by atoms with Gasteiger partial charge >= 0.3 is 18.3 Å². The number of carbonyl (C=O) groups is 1. The molecule has 1 atom stereocenters. The molecule has 3 nitrogen and oxygen atoms in total. The summed E-state index contributed by atoms with van der Waals surface area (Å²) in [6.07, 6.45) is -17.4. The van der Waals surface area contributed by atoms with Gasteiger partial charge in [-0.25, -0.2) is 9.18 Å². The average molecular weight is 326 g/mol. The number of halogens is 7. The highest BCUT2D eigenvalue weighted by molar-refractivity contribution is 5.86. The van der Waals surface area contributed by atoms with Crippen LogP contribution < -0.4 is 0 Å². The Morgan fingerprint density at radius 3 is 1.90 bits per heavy atom. The fourth-order valence-corrected chi connectivity index (χ4v) is 1.19. The zero-order chi connectivity index (χ0) is 17.1. The van der Waals surface area contributed by atoms with Gasteiger partial charge in [0.05, 0.1) is 6.10 Å². The number of aliphatic hydroxyl groups is 1. The first-order valence-electron chi connectivity index (χ1n) is 5.55. The molecule has 124 valence electrons. The number of ether oxygens (including phenoxy) is 1. The Kier molecular flexibility index (Phi) is 6.21. The second kappa shape index (κ2) is 6.63. The molecule has 0 aromatic heterocycles. The van der Waals surface area contributed by atoms with Crippen LogP contribution in [0.5, 0.6) is 0 Å². The van der Waals surface area contributed by atoms with Gasteiger partial charge in [0.1, 0.15) is 6.61 Å². The van der Waals surface area contributed by atoms with Gasteiger partial charge in [-0.1, -0.05) is 6.58 Å². The molecule has 0 aliphatic carbocycles. The molecule has 0 bridgehead atoms. The lowest BCUT2D eigenvalue weighted by molar-refractivity contribution is -0.344. The third-order valence-corrected chi connectivity index (χ3v) is 2.48. The monoisotopic (exact) mass is 326 g/mol. The van der Waals surface area contributed by atoms with Crippen molar-refractivity contribution in [3.8, 4) is 0 Å². The number of aliphatic hydroxyl groups excluding tert-OH is 1. The highest BCUT2D eigenvalue weighted by Gasteiger charge is 2.71. The number of carbonyl (C=O) groups excluding carboxylic acids is 1. The Balaban J connectivity index is 4.65. The van der Waals surface area contributed by atoms with E-state index in [-0.39, 0.29) is 5.57 Å². The topological polar surface area (TPSA) is 46.5 Å². The van der Waals surface area contributed by atoms with Crippen LogP contribution in [0.3, 0.4) is 0 Å². The van der Waals surface area contributed by atoms with Crippen molar-refractivity contribution in [3.05, 3.63) is 12.2 Å². The minimum Gasteiger partial charge on any atom is -0.460 e. The summed E-state index contributed by atoms with van der Waals surface area (Å²) in [5.41, 5.74) is -5.51. The Bertz CT molecular complexity index is 372. The summed E-state index contributed by atoms with van der Waals surface area (Å²) in [6, 6.07) is 0. The lowest BCUT2D eigenvalue weighted by Gasteiger charge is -2.30. The van der Waals surface area contributed by atoms with Crippen molar-refractivity contribution in [1.29, 1.82) is 0 Å². The molecule has 0 aliphatic rings. The van der Waals surface area contributed by atoms with E-state index in [1.165, 1.54) is 6.92 Å². The van der Waals surface area contributed by atoms with Crippen LogP contribution in [-0.2, 0) is 9.53 Å². The Morgan fingerprint density at radius 1 is 1.14 bits per heavy atom. The van der Waals surface area contributed by atoms with E-state index in [9.17, 15) is 35.5 Å². The fraction of sp³-hybridized carbons (Fsp3) is 0.727. The quantitative estimate of drug-likeness (QED) is 0.463. The molecule has 0 aromatic rings. The number of esters is 1. The smallest absolute Gasteiger partial charge is 0.431 e. The Labute approximate surface area is 115 Å². The zero-order valence-electron chi connectivity index (χ0n) is 10.8. The molecule has 0 heterocycles. The summed E-state index contributed by atoms with van der Waals surface area (Å²) in [4.78, 5) is 10.9. The van der Waals surface area contributed by atoms with Crippen LogP contribution in [0.25, 0.3) is 0 Å². The van der Waals surface area contributed by atoms with Crippen molar-refractivity contribution in [3.63, 3.8) is 0 Å². The molecule has 21 heavy (non-hydrogen) atoms. The first-order chi connectivity index (χ1) is 9.22. The number of hydrogen-bond acceptors (Lipinski definition) is 3. The minimum absolute atomic E-state index is 0.0763. The van der Waals surface area contributed by atoms with E-state index in [0.717, 1.165) is 0 Å². The van der Waals surface area contributed by atoms with Crippen molar-refractivity contribution in [2.24, 2.45) is 0 Å². The Hall–Kier alpha value is -1.32. The van der Waals surface area contributed by atoms with Gasteiger partial charge in [-0.15, -0.1) is 0 Å². The molecular weight excluding hydrogens is 313 g/mol. The third-order valence-electron chi connectivity index (χ3n) is 2.48. The largest absolute Gasteiger partial charge is 0.460 e. The standard InChI is InChI=1S/C11H13F7O3/c1-6(2)8(20)21-5-7(19)3-4-9(12,10(13,14)15)11(16,17)18/h7,19H,1,3-5H2,2H3. The van der Waals surface area contributed by atoms with E-state index < -0.39 is 49.5 Å². The lowest BCUT2D eigenvalue weighted by atomic mass is 9.96. The van der Waals surface area contributed by atoms with Crippen LogP contribution in [0.2, 0.25) is 0 Å². The van der Waals surface area contributed by atoms with Gasteiger partial charge < -0.3 is 9.84 Å². The molecule has 0 radical (unpaired) electrons. The van der Waals surface area contributed by atoms with Gasteiger partial charge in [-0.05, 0) is 13.3 Å². The number of hydrogen-bond donors (Lipinski definition) is 1. The molecule has 0 rings (SSSR count). The summed E-state index contributed by atoms with van der Waals surface area (Å²) in [7, 11) is 0. The Morgan fingerprint density at radius 2 is 1.57 bits per heavy atom. The molecule has 0 aliphatic heterocycles. The maximum absolute atomic E-state index is 13.2. The van der Waals surface area contributed by atoms with Crippen molar-refractivity contribution < 1.29 is 45.4 Å². The predicted octanol–water partition coefficient (Wildman–Crippen LogP) is 3.08. The van der Waals surface area contributed by atoms with Gasteiger partial charge in [0, 0.05) is 12.0 Å². The summed E-state index contributed by atoms with van der Waals surface area (Å²) < 4.78 is 90.7. The van der Waals surface area contributed by atoms with Gasteiger partial charge in [-0.2, -0.15) is 26.3 Å². The zero-order valence-corrected chi connectivity index (χ0v) is 10.8. The number of rotatable bonds is 6. The first-order valence-corrected chi connectivity index (χ1v) is 5.55. The van der Waals surface area contributed by atoms with Crippen LogP contribution in [0.15, 0.2) is 12.2 Å². The first kappa shape index (κ1) is 19.7. The second-order valence-corrected chi connectivity index (χ2v) is 4.37. The van der Waals surface area contributed by atoms with Crippen LogP contribution in [-0.4, -0.2) is 41.8 Å². The van der Waals surface area contributed by atoms with Gasteiger partial charge in [0.15, 0.2) is 0 Å². The van der Waals surface area contributed by atoms with Gasteiger partial charge in [-0.3, -0.25) is 0 Å². The molecule has 1 N–H and O–H groups in total. The van der Waals surface area contributed by atoms with Crippen LogP contribution in [0, 0.1) is 0 Å². The van der Waals surface area contributed by atoms with Crippen molar-refractivity contribution in [2.75, 3.05) is 6.61 Å². The molecule has 0 amide bonds. The van der Waals surface area contributed by atoms with Crippen molar-refractivity contribution in [2.45, 2.75) is 43.9 Å². The highest BCUT2D eigenvalue weighted by atomic mass is 19.4.